The van der Waals surface area contributed by atoms with E-state index in [2.05, 4.69) is 20.2 Å². The number of nitriles is 1. The molecule has 0 unspecified atom stereocenters. The van der Waals surface area contributed by atoms with E-state index in [9.17, 15) is 4.79 Å². The summed E-state index contributed by atoms with van der Waals surface area (Å²) in [6, 6.07) is 5.44. The first-order valence-corrected chi connectivity index (χ1v) is 8.82. The van der Waals surface area contributed by atoms with Crippen molar-refractivity contribution >= 4 is 17.6 Å². The zero-order valence-electron chi connectivity index (χ0n) is 15.7. The topological polar surface area (TPSA) is 137 Å². The minimum absolute atomic E-state index is 0.0294. The number of aromatic nitrogens is 1. The Morgan fingerprint density at radius 1 is 1.41 bits per heavy atom. The van der Waals surface area contributed by atoms with Crippen LogP contribution in [0.4, 0.5) is 0 Å². The fourth-order valence-electron chi connectivity index (χ4n) is 2.71. The number of amides is 1. The summed E-state index contributed by atoms with van der Waals surface area (Å²) in [5.41, 5.74) is 13.3. The second-order valence-electron chi connectivity index (χ2n) is 6.55. The lowest BCUT2D eigenvalue weighted by molar-refractivity contribution is -0.123. The van der Waals surface area contributed by atoms with E-state index in [0.717, 1.165) is 13.1 Å². The number of carbonyl (C=O) groups is 1. The summed E-state index contributed by atoms with van der Waals surface area (Å²) in [6.07, 6.45) is 2.90. The van der Waals surface area contributed by atoms with Crippen LogP contribution in [0.25, 0.3) is 5.70 Å². The Morgan fingerprint density at radius 2 is 2.11 bits per heavy atom. The Bertz CT molecular complexity index is 740. The average Bonchev–Trinajstić information content (AvgIpc) is 2.66. The number of hydrogen-bond acceptors (Lipinski definition) is 6. The molecule has 0 spiro atoms. The minimum atomic E-state index is 0.0294. The molecule has 0 bridgehead atoms. The number of guanidine groups is 1. The molecular formula is C18H26N8O. The van der Waals surface area contributed by atoms with Crippen molar-refractivity contribution in [2.75, 3.05) is 32.7 Å². The van der Waals surface area contributed by atoms with Crippen LogP contribution in [0, 0.1) is 11.3 Å². The van der Waals surface area contributed by atoms with E-state index in [-0.39, 0.29) is 11.9 Å². The Morgan fingerprint density at radius 3 is 2.63 bits per heavy atom. The number of rotatable bonds is 5. The zero-order chi connectivity index (χ0) is 19.8. The van der Waals surface area contributed by atoms with Crippen LogP contribution in [-0.2, 0) is 4.79 Å². The van der Waals surface area contributed by atoms with Gasteiger partial charge in [-0.15, -0.1) is 0 Å². The Balaban J connectivity index is 1.94. The Labute approximate surface area is 159 Å². The van der Waals surface area contributed by atoms with Crippen molar-refractivity contribution in [3.05, 3.63) is 35.8 Å². The van der Waals surface area contributed by atoms with Gasteiger partial charge in [-0.2, -0.15) is 5.26 Å². The van der Waals surface area contributed by atoms with Crippen LogP contribution in [0.1, 0.15) is 25.1 Å². The van der Waals surface area contributed by atoms with E-state index in [1.807, 2.05) is 24.8 Å². The van der Waals surface area contributed by atoms with Crippen molar-refractivity contribution < 1.29 is 4.79 Å². The van der Waals surface area contributed by atoms with Gasteiger partial charge in [0.1, 0.15) is 11.8 Å². The monoisotopic (exact) mass is 370 g/mol. The molecule has 5 N–H and O–H groups in total. The quantitative estimate of drug-likeness (QED) is 0.477. The molecule has 1 amide bonds. The molecule has 0 radical (unpaired) electrons. The van der Waals surface area contributed by atoms with E-state index < -0.39 is 0 Å². The van der Waals surface area contributed by atoms with Crippen LogP contribution >= 0.6 is 0 Å². The van der Waals surface area contributed by atoms with Gasteiger partial charge in [0.2, 0.25) is 5.91 Å². The highest BCUT2D eigenvalue weighted by molar-refractivity contribution is 5.85. The number of piperazine rings is 1. The molecule has 0 aliphatic carbocycles. The van der Waals surface area contributed by atoms with Gasteiger partial charge in [-0.05, 0) is 26.0 Å². The van der Waals surface area contributed by atoms with Gasteiger partial charge in [-0.1, -0.05) is 0 Å². The molecule has 1 saturated heterocycles. The lowest BCUT2D eigenvalue weighted by Gasteiger charge is -2.35. The molecular weight excluding hydrogens is 344 g/mol. The summed E-state index contributed by atoms with van der Waals surface area (Å²) >= 11 is 0. The van der Waals surface area contributed by atoms with Gasteiger partial charge in [-0.3, -0.25) is 9.69 Å². The van der Waals surface area contributed by atoms with Crippen LogP contribution < -0.4 is 16.8 Å². The summed E-state index contributed by atoms with van der Waals surface area (Å²) in [5, 5.41) is 11.7. The Hall–Kier alpha value is -3.12. The second kappa shape index (κ2) is 9.54. The Kier molecular flexibility index (Phi) is 7.14. The van der Waals surface area contributed by atoms with Gasteiger partial charge < -0.3 is 21.7 Å². The standard InChI is InChI=1S/C18H26N8O/c1-13(2)23-17(27)12-25-5-7-26(8-6-25)18(21)24-16(10-20)14-3-4-15(9-19)22-11-14/h3-4,10-11,13H,5-8,12,20H2,1-2H3,(H2,21,24)(H,23,27)/b16-10-. The normalized spacial score (nSPS) is 16.3. The summed E-state index contributed by atoms with van der Waals surface area (Å²) in [6.45, 7) is 7.07. The first-order valence-electron chi connectivity index (χ1n) is 8.82. The van der Waals surface area contributed by atoms with E-state index in [0.29, 0.717) is 42.5 Å². The first kappa shape index (κ1) is 20.2. The molecule has 27 heavy (non-hydrogen) atoms. The molecule has 2 rings (SSSR count). The molecule has 1 aromatic heterocycles. The number of nitrogens with zero attached hydrogens (tertiary/aromatic N) is 5. The minimum Gasteiger partial charge on any atom is -0.403 e. The molecule has 1 aliphatic rings. The highest BCUT2D eigenvalue weighted by Gasteiger charge is 2.20. The second-order valence-corrected chi connectivity index (χ2v) is 6.55. The van der Waals surface area contributed by atoms with Gasteiger partial charge in [0.15, 0.2) is 5.96 Å². The molecule has 0 aromatic carbocycles. The number of carbonyl (C=O) groups excluding carboxylic acids is 1. The summed E-state index contributed by atoms with van der Waals surface area (Å²) in [4.78, 5) is 24.3. The average molecular weight is 370 g/mol. The van der Waals surface area contributed by atoms with Gasteiger partial charge in [0.25, 0.3) is 0 Å². The zero-order valence-corrected chi connectivity index (χ0v) is 15.7. The van der Waals surface area contributed by atoms with Gasteiger partial charge >= 0.3 is 0 Å². The third-order valence-corrected chi connectivity index (χ3v) is 4.08. The smallest absolute Gasteiger partial charge is 0.234 e. The molecule has 0 atom stereocenters. The van der Waals surface area contributed by atoms with Crippen molar-refractivity contribution in [2.45, 2.75) is 19.9 Å². The first-order chi connectivity index (χ1) is 12.9. The van der Waals surface area contributed by atoms with Crippen molar-refractivity contribution in [1.82, 2.24) is 20.1 Å². The lowest BCUT2D eigenvalue weighted by atomic mass is 10.2. The van der Waals surface area contributed by atoms with Crippen LogP contribution in [0.15, 0.2) is 29.5 Å². The molecule has 0 saturated carbocycles. The molecule has 144 valence electrons. The summed E-state index contributed by atoms with van der Waals surface area (Å²) in [7, 11) is 0. The summed E-state index contributed by atoms with van der Waals surface area (Å²) in [5.74, 6) is 0.393. The van der Waals surface area contributed by atoms with Crippen molar-refractivity contribution in [3.8, 4) is 6.07 Å². The molecule has 9 heteroatoms. The third-order valence-electron chi connectivity index (χ3n) is 4.08. The number of nitrogens with two attached hydrogens (primary N) is 2. The maximum absolute atomic E-state index is 11.9. The van der Waals surface area contributed by atoms with Crippen LogP contribution in [0.2, 0.25) is 0 Å². The van der Waals surface area contributed by atoms with Gasteiger partial charge in [0, 0.05) is 50.2 Å². The fraction of sp³-hybridized carbons (Fsp3) is 0.444. The number of hydrogen-bond donors (Lipinski definition) is 3. The van der Waals surface area contributed by atoms with Crippen molar-refractivity contribution in [1.29, 1.82) is 5.26 Å². The molecule has 1 aromatic rings. The number of pyridine rings is 1. The van der Waals surface area contributed by atoms with Crippen LogP contribution in [-0.4, -0.2) is 65.4 Å². The molecule has 9 nitrogen and oxygen atoms in total. The molecule has 1 aliphatic heterocycles. The predicted molar refractivity (Wildman–Crippen MR) is 104 cm³/mol. The predicted octanol–water partition coefficient (Wildman–Crippen LogP) is -0.333. The molecule has 1 fully saturated rings. The highest BCUT2D eigenvalue weighted by atomic mass is 16.2. The number of aliphatic imine (C=N–C) groups is 1. The largest absolute Gasteiger partial charge is 0.403 e. The van der Waals surface area contributed by atoms with Crippen molar-refractivity contribution in [3.63, 3.8) is 0 Å². The van der Waals surface area contributed by atoms with E-state index >= 15 is 0 Å². The highest BCUT2D eigenvalue weighted by Crippen LogP contribution is 2.15. The third kappa shape index (κ3) is 5.97. The molecule has 2 heterocycles. The SMILES string of the molecule is CC(C)NC(=O)CN1CCN(C(N)=N/C(=C\N)c2ccc(C#N)nc2)CC1. The summed E-state index contributed by atoms with van der Waals surface area (Å²) < 4.78 is 0. The van der Waals surface area contributed by atoms with E-state index in [4.69, 9.17) is 16.7 Å². The van der Waals surface area contributed by atoms with Gasteiger partial charge in [-0.25, -0.2) is 9.98 Å². The lowest BCUT2D eigenvalue weighted by Crippen LogP contribution is -2.53. The van der Waals surface area contributed by atoms with Gasteiger partial charge in [0.05, 0.1) is 12.2 Å². The number of nitrogens with one attached hydrogen (secondary N) is 1. The fourth-order valence-corrected chi connectivity index (χ4v) is 2.71. The van der Waals surface area contributed by atoms with Crippen molar-refractivity contribution in [2.24, 2.45) is 16.5 Å². The van der Waals surface area contributed by atoms with Crippen LogP contribution in [0.3, 0.4) is 0 Å². The van der Waals surface area contributed by atoms with Crippen LogP contribution in [0.5, 0.6) is 0 Å². The maximum Gasteiger partial charge on any atom is 0.234 e. The van der Waals surface area contributed by atoms with E-state index in [1.165, 1.54) is 6.20 Å². The van der Waals surface area contributed by atoms with E-state index in [1.54, 1.807) is 18.3 Å². The maximum atomic E-state index is 11.9.